The van der Waals surface area contributed by atoms with Gasteiger partial charge in [0.2, 0.25) is 5.71 Å². The molecule has 1 fully saturated rings. The van der Waals surface area contributed by atoms with Crippen LogP contribution in [-0.4, -0.2) is 48.3 Å². The molecule has 0 unspecified atom stereocenters. The normalized spacial score (nSPS) is 15.0. The highest BCUT2D eigenvalue weighted by molar-refractivity contribution is 6.45. The number of carbonyl (C=O) groups is 1. The molecule has 0 bridgehead atoms. The molecule has 1 aromatic rings. The first-order valence-electron chi connectivity index (χ1n) is 8.50. The van der Waals surface area contributed by atoms with E-state index >= 15 is 0 Å². The largest absolute Gasteiger partial charge is 0.450 e. The molecular formula is C17H22ClN7O2. The van der Waals surface area contributed by atoms with Gasteiger partial charge in [0.15, 0.2) is 5.84 Å². The Kier molecular flexibility index (Phi) is 7.25. The first-order chi connectivity index (χ1) is 12.9. The summed E-state index contributed by atoms with van der Waals surface area (Å²) >= 11 is 6.05. The van der Waals surface area contributed by atoms with E-state index in [4.69, 9.17) is 32.7 Å². The van der Waals surface area contributed by atoms with Crippen molar-refractivity contribution in [2.75, 3.05) is 30.4 Å². The van der Waals surface area contributed by atoms with Crippen LogP contribution in [-0.2, 0) is 4.74 Å². The van der Waals surface area contributed by atoms with Crippen LogP contribution >= 0.6 is 11.6 Å². The topological polar surface area (TPSA) is 140 Å². The van der Waals surface area contributed by atoms with E-state index in [1.165, 1.54) is 0 Å². The summed E-state index contributed by atoms with van der Waals surface area (Å²) in [5, 5.41) is 24.0. The maximum absolute atomic E-state index is 11.8. The van der Waals surface area contributed by atoms with Gasteiger partial charge < -0.3 is 20.7 Å². The zero-order valence-electron chi connectivity index (χ0n) is 15.0. The van der Waals surface area contributed by atoms with Gasteiger partial charge in [-0.1, -0.05) is 11.6 Å². The first kappa shape index (κ1) is 20.3. The van der Waals surface area contributed by atoms with Crippen LogP contribution in [0.15, 0.2) is 23.3 Å². The van der Waals surface area contributed by atoms with E-state index in [9.17, 15) is 4.79 Å². The van der Waals surface area contributed by atoms with Crippen LogP contribution in [0.1, 0.15) is 19.8 Å². The number of anilines is 2. The number of halogens is 1. The van der Waals surface area contributed by atoms with Gasteiger partial charge in [-0.05, 0) is 38.0 Å². The van der Waals surface area contributed by atoms with E-state index in [0.29, 0.717) is 30.4 Å². The van der Waals surface area contributed by atoms with Crippen molar-refractivity contribution in [2.24, 2.45) is 10.8 Å². The number of rotatable bonds is 6. The fraction of sp³-hybridized carbons (Fsp3) is 0.412. The van der Waals surface area contributed by atoms with Crippen molar-refractivity contribution in [3.8, 4) is 6.07 Å². The van der Waals surface area contributed by atoms with Gasteiger partial charge in [-0.15, -0.1) is 0 Å². The summed E-state index contributed by atoms with van der Waals surface area (Å²) in [5.41, 5.74) is 9.12. The van der Waals surface area contributed by atoms with E-state index in [1.807, 2.05) is 0 Å². The lowest BCUT2D eigenvalue weighted by molar-refractivity contribution is 0.0983. The molecule has 10 heteroatoms. The molecule has 1 saturated heterocycles. The number of piperidine rings is 1. The lowest BCUT2D eigenvalue weighted by atomic mass is 10.0. The predicted octanol–water partition coefficient (Wildman–Crippen LogP) is 2.60. The Labute approximate surface area is 162 Å². The molecule has 0 spiro atoms. The van der Waals surface area contributed by atoms with Crippen molar-refractivity contribution < 1.29 is 9.53 Å². The molecule has 0 atom stereocenters. The van der Waals surface area contributed by atoms with Gasteiger partial charge in [-0.2, -0.15) is 10.4 Å². The Balaban J connectivity index is 2.04. The second kappa shape index (κ2) is 9.64. The van der Waals surface area contributed by atoms with E-state index in [2.05, 4.69) is 15.8 Å². The highest BCUT2D eigenvalue weighted by atomic mass is 35.5. The Hall–Kier alpha value is -2.99. The number of ether oxygens (including phenoxy) is 1. The minimum atomic E-state index is -0.423. The number of amides is 1. The summed E-state index contributed by atoms with van der Waals surface area (Å²) in [6.07, 6.45) is 1.25. The summed E-state index contributed by atoms with van der Waals surface area (Å²) in [5.74, 6) is -0.423. The fourth-order valence-corrected chi connectivity index (χ4v) is 2.81. The second-order valence-electron chi connectivity index (χ2n) is 5.89. The maximum Gasteiger partial charge on any atom is 0.409 e. The minimum Gasteiger partial charge on any atom is -0.450 e. The molecule has 1 amide bonds. The highest BCUT2D eigenvalue weighted by Gasteiger charge is 2.24. The maximum atomic E-state index is 11.8. The van der Waals surface area contributed by atoms with Crippen LogP contribution in [0.5, 0.6) is 0 Å². The molecule has 1 aromatic carbocycles. The molecule has 1 aliphatic heterocycles. The Morgan fingerprint density at radius 3 is 2.78 bits per heavy atom. The molecular weight excluding hydrogens is 370 g/mol. The van der Waals surface area contributed by atoms with Gasteiger partial charge in [-0.25, -0.2) is 4.79 Å². The van der Waals surface area contributed by atoms with Crippen LogP contribution < -0.4 is 16.5 Å². The summed E-state index contributed by atoms with van der Waals surface area (Å²) in [6, 6.07) is 7.11. The lowest BCUT2D eigenvalue weighted by Gasteiger charge is -2.32. The molecule has 27 heavy (non-hydrogen) atoms. The highest BCUT2D eigenvalue weighted by Crippen LogP contribution is 2.28. The average molecular weight is 392 g/mol. The molecule has 144 valence electrons. The van der Waals surface area contributed by atoms with Crippen LogP contribution in [0, 0.1) is 16.7 Å². The van der Waals surface area contributed by atoms with Crippen LogP contribution in [0.3, 0.4) is 0 Å². The standard InChI is InChI=1S/C17H22ClN7O2/c1-2-27-17(26)25-7-5-12(6-8-25)22-13-4-3-11(18)9-14(13)23-24-15(10-19)16(20)21/h3-4,9,12,22-23H,2,5-8H2,1H3,(H3,20,21)/b24-15+. The van der Waals surface area contributed by atoms with E-state index in [0.717, 1.165) is 18.5 Å². The van der Waals surface area contributed by atoms with Crippen molar-refractivity contribution in [3.05, 3.63) is 23.2 Å². The Morgan fingerprint density at radius 2 is 2.19 bits per heavy atom. The Bertz CT molecular complexity index is 767. The second-order valence-corrected chi connectivity index (χ2v) is 6.33. The predicted molar refractivity (Wildman–Crippen MR) is 105 cm³/mol. The van der Waals surface area contributed by atoms with Crippen LogP contribution in [0.4, 0.5) is 16.2 Å². The average Bonchev–Trinajstić information content (AvgIpc) is 2.64. The summed E-state index contributed by atoms with van der Waals surface area (Å²) in [4.78, 5) is 13.5. The number of benzene rings is 1. The number of carbonyl (C=O) groups excluding carboxylic acids is 1. The molecule has 0 saturated carbocycles. The van der Waals surface area contributed by atoms with Gasteiger partial charge in [0.1, 0.15) is 6.07 Å². The van der Waals surface area contributed by atoms with E-state index < -0.39 is 5.84 Å². The SMILES string of the molecule is CCOC(=O)N1CCC(Nc2ccc(Cl)cc2N/N=C(\C#N)C(=N)N)CC1. The zero-order valence-corrected chi connectivity index (χ0v) is 15.7. The Morgan fingerprint density at radius 1 is 1.48 bits per heavy atom. The van der Waals surface area contributed by atoms with Gasteiger partial charge in [-0.3, -0.25) is 10.8 Å². The molecule has 5 N–H and O–H groups in total. The fourth-order valence-electron chi connectivity index (χ4n) is 2.64. The van der Waals surface area contributed by atoms with E-state index in [1.54, 1.807) is 36.1 Å². The van der Waals surface area contributed by atoms with Gasteiger partial charge in [0.05, 0.1) is 18.0 Å². The number of hydrogen-bond donors (Lipinski definition) is 4. The number of likely N-dealkylation sites (tertiary alicyclic amines) is 1. The molecule has 0 radical (unpaired) electrons. The molecule has 1 aliphatic rings. The third-order valence-electron chi connectivity index (χ3n) is 4.01. The number of nitrogens with zero attached hydrogens (tertiary/aromatic N) is 3. The third-order valence-corrected chi connectivity index (χ3v) is 4.25. The van der Waals surface area contributed by atoms with Crippen molar-refractivity contribution in [1.82, 2.24) is 4.90 Å². The van der Waals surface area contributed by atoms with Crippen molar-refractivity contribution in [1.29, 1.82) is 10.7 Å². The van der Waals surface area contributed by atoms with Gasteiger partial charge >= 0.3 is 6.09 Å². The van der Waals surface area contributed by atoms with Gasteiger partial charge in [0.25, 0.3) is 0 Å². The lowest BCUT2D eigenvalue weighted by Crippen LogP contribution is -2.42. The monoisotopic (exact) mass is 391 g/mol. The summed E-state index contributed by atoms with van der Waals surface area (Å²) in [6.45, 7) is 3.36. The number of hydrogen-bond acceptors (Lipinski definition) is 7. The smallest absolute Gasteiger partial charge is 0.409 e. The van der Waals surface area contributed by atoms with Crippen LogP contribution in [0.2, 0.25) is 5.02 Å². The van der Waals surface area contributed by atoms with Crippen molar-refractivity contribution in [3.63, 3.8) is 0 Å². The molecule has 9 nitrogen and oxygen atoms in total. The zero-order chi connectivity index (χ0) is 19.8. The molecule has 0 aromatic heterocycles. The molecule has 2 rings (SSSR count). The van der Waals surface area contributed by atoms with Crippen molar-refractivity contribution in [2.45, 2.75) is 25.8 Å². The number of nitriles is 1. The number of hydrazone groups is 1. The first-order valence-corrected chi connectivity index (χ1v) is 8.88. The summed E-state index contributed by atoms with van der Waals surface area (Å²) < 4.78 is 5.02. The molecule has 0 aliphatic carbocycles. The van der Waals surface area contributed by atoms with Crippen molar-refractivity contribution >= 4 is 40.6 Å². The van der Waals surface area contributed by atoms with Gasteiger partial charge in [0, 0.05) is 24.2 Å². The number of nitrogens with two attached hydrogens (primary N) is 1. The number of amidine groups is 1. The minimum absolute atomic E-state index is 0.157. The third kappa shape index (κ3) is 5.76. The quantitative estimate of drug-likeness (QED) is 0.334. The van der Waals surface area contributed by atoms with Crippen LogP contribution in [0.25, 0.3) is 0 Å². The summed E-state index contributed by atoms with van der Waals surface area (Å²) in [7, 11) is 0. The number of nitrogens with one attached hydrogen (secondary N) is 3. The molecule has 1 heterocycles. The van der Waals surface area contributed by atoms with E-state index in [-0.39, 0.29) is 17.8 Å².